The summed E-state index contributed by atoms with van der Waals surface area (Å²) >= 11 is 0. The lowest BCUT2D eigenvalue weighted by Gasteiger charge is -2.13. The minimum Gasteiger partial charge on any atom is -0.477 e. The number of aliphatic hydroxyl groups excluding tert-OH is 1. The van der Waals surface area contributed by atoms with Crippen molar-refractivity contribution in [2.45, 2.75) is 17.9 Å². The third-order valence-electron chi connectivity index (χ3n) is 2.19. The molecule has 1 aromatic carbocycles. The highest BCUT2D eigenvalue weighted by Gasteiger charge is 2.27. The van der Waals surface area contributed by atoms with Crippen LogP contribution in [-0.2, 0) is 10.0 Å². The molecule has 0 fully saturated rings. The maximum Gasteiger partial charge on any atom is 0.341 e. The van der Waals surface area contributed by atoms with Gasteiger partial charge in [0.15, 0.2) is 5.82 Å². The van der Waals surface area contributed by atoms with Crippen LogP contribution in [0, 0.1) is 11.6 Å². The number of carboxylic acids is 1. The van der Waals surface area contributed by atoms with Gasteiger partial charge in [0, 0.05) is 6.04 Å². The predicted molar refractivity (Wildman–Crippen MR) is 60.2 cm³/mol. The highest BCUT2D eigenvalue weighted by molar-refractivity contribution is 7.89. The molecule has 106 valence electrons. The standard InChI is InChI=1S/C10H11F2NO5S/c1-5(4-14)13-19(17,18)7-3-2-6(11)8(9(7)12)10(15)16/h2-3,5,13-14H,4H2,1H3,(H,15,16)/t5-/m0/s1. The average molecular weight is 295 g/mol. The smallest absolute Gasteiger partial charge is 0.341 e. The molecule has 9 heteroatoms. The topological polar surface area (TPSA) is 104 Å². The number of aliphatic hydroxyl groups is 1. The minimum absolute atomic E-state index is 0.534. The van der Waals surface area contributed by atoms with E-state index >= 15 is 0 Å². The van der Waals surface area contributed by atoms with Crippen LogP contribution in [0.1, 0.15) is 17.3 Å². The van der Waals surface area contributed by atoms with Crippen molar-refractivity contribution in [2.24, 2.45) is 0 Å². The van der Waals surface area contributed by atoms with Gasteiger partial charge in [-0.3, -0.25) is 0 Å². The molecule has 0 aliphatic rings. The van der Waals surface area contributed by atoms with Gasteiger partial charge in [0.25, 0.3) is 0 Å². The highest BCUT2D eigenvalue weighted by Crippen LogP contribution is 2.21. The van der Waals surface area contributed by atoms with Gasteiger partial charge in [-0.15, -0.1) is 0 Å². The number of benzene rings is 1. The average Bonchev–Trinajstić information content (AvgIpc) is 2.27. The summed E-state index contributed by atoms with van der Waals surface area (Å²) in [6, 6.07) is 0.261. The van der Waals surface area contributed by atoms with Crippen molar-refractivity contribution in [1.82, 2.24) is 4.72 Å². The third-order valence-corrected chi connectivity index (χ3v) is 3.80. The van der Waals surface area contributed by atoms with Gasteiger partial charge in [-0.2, -0.15) is 0 Å². The number of sulfonamides is 1. The van der Waals surface area contributed by atoms with Crippen molar-refractivity contribution in [1.29, 1.82) is 0 Å². The Bertz CT molecular complexity index is 602. The summed E-state index contributed by atoms with van der Waals surface area (Å²) in [6.45, 7) is 0.783. The van der Waals surface area contributed by atoms with Gasteiger partial charge >= 0.3 is 5.97 Å². The molecule has 0 heterocycles. The Labute approximate surface area is 107 Å². The molecule has 1 atom stereocenters. The fourth-order valence-electron chi connectivity index (χ4n) is 1.30. The molecule has 1 aromatic rings. The zero-order valence-electron chi connectivity index (χ0n) is 9.72. The zero-order chi connectivity index (χ0) is 14.8. The summed E-state index contributed by atoms with van der Waals surface area (Å²) in [5.74, 6) is -4.98. The minimum atomic E-state index is -4.39. The van der Waals surface area contributed by atoms with Crippen molar-refractivity contribution in [2.75, 3.05) is 6.61 Å². The molecular weight excluding hydrogens is 284 g/mol. The predicted octanol–water partition coefficient (Wildman–Crippen LogP) is 0.322. The van der Waals surface area contributed by atoms with Crippen molar-refractivity contribution in [3.8, 4) is 0 Å². The van der Waals surface area contributed by atoms with Crippen LogP contribution in [0.4, 0.5) is 8.78 Å². The zero-order valence-corrected chi connectivity index (χ0v) is 10.5. The molecule has 1 rings (SSSR count). The number of rotatable bonds is 5. The van der Waals surface area contributed by atoms with E-state index in [1.54, 1.807) is 0 Å². The van der Waals surface area contributed by atoms with Crippen molar-refractivity contribution < 1.29 is 32.2 Å². The van der Waals surface area contributed by atoms with Gasteiger partial charge in [-0.1, -0.05) is 0 Å². The van der Waals surface area contributed by atoms with E-state index in [0.29, 0.717) is 12.1 Å². The molecule has 0 radical (unpaired) electrons. The van der Waals surface area contributed by atoms with Crippen molar-refractivity contribution in [3.63, 3.8) is 0 Å². The molecule has 0 saturated carbocycles. The van der Waals surface area contributed by atoms with Crippen LogP contribution in [0.25, 0.3) is 0 Å². The fraction of sp³-hybridized carbons (Fsp3) is 0.300. The highest BCUT2D eigenvalue weighted by atomic mass is 32.2. The largest absolute Gasteiger partial charge is 0.477 e. The van der Waals surface area contributed by atoms with E-state index in [9.17, 15) is 22.0 Å². The Morgan fingerprint density at radius 3 is 2.47 bits per heavy atom. The lowest BCUT2D eigenvalue weighted by atomic mass is 10.2. The molecular formula is C10H11F2NO5S. The van der Waals surface area contributed by atoms with Crippen LogP contribution in [-0.4, -0.2) is 37.2 Å². The number of aromatic carboxylic acids is 1. The maximum absolute atomic E-state index is 13.7. The number of hydrogen-bond donors (Lipinski definition) is 3. The lowest BCUT2D eigenvalue weighted by Crippen LogP contribution is -2.35. The second-order valence-corrected chi connectivity index (χ2v) is 5.43. The number of halogens is 2. The molecule has 0 aliphatic heterocycles. The normalized spacial score (nSPS) is 13.3. The Morgan fingerprint density at radius 1 is 1.42 bits per heavy atom. The maximum atomic E-state index is 13.7. The summed E-state index contributed by atoms with van der Waals surface area (Å²) in [6.07, 6.45) is 0. The van der Waals surface area contributed by atoms with E-state index in [2.05, 4.69) is 0 Å². The van der Waals surface area contributed by atoms with Crippen LogP contribution < -0.4 is 4.72 Å². The van der Waals surface area contributed by atoms with Gasteiger partial charge in [0.1, 0.15) is 16.3 Å². The van der Waals surface area contributed by atoms with Gasteiger partial charge in [0.2, 0.25) is 10.0 Å². The summed E-state index contributed by atoms with van der Waals surface area (Å²) < 4.78 is 52.2. The molecule has 0 unspecified atom stereocenters. The van der Waals surface area contributed by atoms with E-state index in [-0.39, 0.29) is 0 Å². The summed E-state index contributed by atoms with van der Waals surface area (Å²) in [7, 11) is -4.39. The summed E-state index contributed by atoms with van der Waals surface area (Å²) in [4.78, 5) is 9.67. The van der Waals surface area contributed by atoms with Crippen molar-refractivity contribution >= 4 is 16.0 Å². The number of carbonyl (C=O) groups is 1. The second-order valence-electron chi connectivity index (χ2n) is 3.74. The lowest BCUT2D eigenvalue weighted by molar-refractivity contribution is 0.0685. The second kappa shape index (κ2) is 5.59. The Morgan fingerprint density at radius 2 is 2.00 bits per heavy atom. The molecule has 6 nitrogen and oxygen atoms in total. The molecule has 0 amide bonds. The number of hydrogen-bond acceptors (Lipinski definition) is 4. The summed E-state index contributed by atoms with van der Waals surface area (Å²) in [5.41, 5.74) is -1.35. The van der Waals surface area contributed by atoms with Crippen LogP contribution in [0.3, 0.4) is 0 Å². The fourth-order valence-corrected chi connectivity index (χ4v) is 2.62. The van der Waals surface area contributed by atoms with Gasteiger partial charge in [0.05, 0.1) is 6.61 Å². The van der Waals surface area contributed by atoms with Crippen LogP contribution >= 0.6 is 0 Å². The number of carboxylic acid groups (broad SMARTS) is 1. The summed E-state index contributed by atoms with van der Waals surface area (Å²) in [5, 5.41) is 17.4. The first kappa shape index (κ1) is 15.5. The molecule has 0 spiro atoms. The molecule has 0 aliphatic carbocycles. The van der Waals surface area contributed by atoms with Crippen LogP contribution in [0.15, 0.2) is 17.0 Å². The van der Waals surface area contributed by atoms with Crippen LogP contribution in [0.2, 0.25) is 0 Å². The van der Waals surface area contributed by atoms with E-state index in [1.807, 2.05) is 4.72 Å². The Balaban J connectivity index is 3.37. The molecule has 0 bridgehead atoms. The van der Waals surface area contributed by atoms with Crippen molar-refractivity contribution in [3.05, 3.63) is 29.3 Å². The molecule has 3 N–H and O–H groups in total. The van der Waals surface area contributed by atoms with E-state index < -0.39 is 50.7 Å². The first-order valence-corrected chi connectivity index (χ1v) is 6.53. The quantitative estimate of drug-likeness (QED) is 0.726. The SMILES string of the molecule is C[C@@H](CO)NS(=O)(=O)c1ccc(F)c(C(=O)O)c1F. The number of nitrogens with one attached hydrogen (secondary N) is 1. The molecule has 19 heavy (non-hydrogen) atoms. The van der Waals surface area contributed by atoms with Crippen LogP contribution in [0.5, 0.6) is 0 Å². The van der Waals surface area contributed by atoms with E-state index in [0.717, 1.165) is 0 Å². The third kappa shape index (κ3) is 3.25. The Kier molecular flexibility index (Phi) is 4.56. The molecule has 0 saturated heterocycles. The van der Waals surface area contributed by atoms with Gasteiger partial charge in [-0.25, -0.2) is 26.7 Å². The Hall–Kier alpha value is -1.58. The van der Waals surface area contributed by atoms with E-state index in [4.69, 9.17) is 10.2 Å². The van der Waals surface area contributed by atoms with E-state index in [1.165, 1.54) is 6.92 Å². The first-order valence-electron chi connectivity index (χ1n) is 5.05. The van der Waals surface area contributed by atoms with Gasteiger partial charge < -0.3 is 10.2 Å². The first-order chi connectivity index (χ1) is 8.70. The monoisotopic (exact) mass is 295 g/mol. The van der Waals surface area contributed by atoms with Gasteiger partial charge in [-0.05, 0) is 19.1 Å². The molecule has 0 aromatic heterocycles.